The molecule has 6 aromatic rings. The molecule has 0 fully saturated rings. The van der Waals surface area contributed by atoms with Crippen molar-refractivity contribution >= 4 is 68.4 Å². The van der Waals surface area contributed by atoms with E-state index in [1.807, 2.05) is 0 Å². The molecule has 0 atom stereocenters. The fraction of sp³-hybridized carbons (Fsp3) is 0.396. The number of hydrogen-bond acceptors (Lipinski definition) is 5. The van der Waals surface area contributed by atoms with Crippen LogP contribution >= 0.6 is 0 Å². The van der Waals surface area contributed by atoms with E-state index in [4.69, 9.17) is 13.9 Å². The van der Waals surface area contributed by atoms with Crippen molar-refractivity contribution in [3.05, 3.63) is 111 Å². The van der Waals surface area contributed by atoms with Gasteiger partial charge in [-0.05, 0) is 135 Å². The largest absolute Gasteiger partial charge is 0.468 e. The van der Waals surface area contributed by atoms with Crippen molar-refractivity contribution in [1.29, 1.82) is 0 Å². The third-order valence-corrected chi connectivity index (χ3v) is 13.0. The van der Waals surface area contributed by atoms with Gasteiger partial charge in [0.05, 0.1) is 22.7 Å². The van der Waals surface area contributed by atoms with Crippen LogP contribution in [0.5, 0.6) is 11.5 Å². The van der Waals surface area contributed by atoms with Crippen molar-refractivity contribution in [2.45, 2.75) is 132 Å². The van der Waals surface area contributed by atoms with Crippen LogP contribution in [0, 0.1) is 27.7 Å². The predicted molar refractivity (Wildman–Crippen MR) is 250 cm³/mol. The van der Waals surface area contributed by atoms with Crippen molar-refractivity contribution < 1.29 is 13.9 Å². The average Bonchev–Trinajstić information content (AvgIpc) is 3.74. The van der Waals surface area contributed by atoms with Crippen LogP contribution in [0.1, 0.15) is 128 Å². The van der Waals surface area contributed by atoms with E-state index in [0.29, 0.717) is 0 Å². The van der Waals surface area contributed by atoms with Gasteiger partial charge in [0.15, 0.2) is 11.5 Å². The van der Waals surface area contributed by atoms with Crippen LogP contribution in [0.2, 0.25) is 0 Å². The lowest BCUT2D eigenvalue weighted by Gasteiger charge is -2.44. The Morgan fingerprint density at radius 3 is 1.44 bits per heavy atom. The van der Waals surface area contributed by atoms with Gasteiger partial charge in [-0.2, -0.15) is 0 Å². The Labute approximate surface area is 352 Å². The number of anilines is 6. The van der Waals surface area contributed by atoms with Gasteiger partial charge in [0.2, 0.25) is 6.79 Å². The summed E-state index contributed by atoms with van der Waals surface area (Å²) in [5.74, 6) is 1.55. The topological polar surface area (TPSA) is 38.1 Å². The molecule has 0 spiro atoms. The fourth-order valence-electron chi connectivity index (χ4n) is 9.72. The van der Waals surface area contributed by atoms with Gasteiger partial charge in [-0.25, -0.2) is 0 Å². The second-order valence-corrected chi connectivity index (χ2v) is 21.7. The molecule has 9 rings (SSSR count). The first-order valence-corrected chi connectivity index (χ1v) is 21.5. The molecule has 0 N–H and O–H groups in total. The summed E-state index contributed by atoms with van der Waals surface area (Å²) in [6.07, 6.45) is 0. The highest BCUT2D eigenvalue weighted by Gasteiger charge is 2.49. The molecule has 304 valence electrons. The van der Waals surface area contributed by atoms with E-state index in [9.17, 15) is 0 Å². The highest BCUT2D eigenvalue weighted by molar-refractivity contribution is 7.00. The molecule has 0 amide bonds. The van der Waals surface area contributed by atoms with Gasteiger partial charge in [0, 0.05) is 28.5 Å². The average molecular weight is 785 g/mol. The first kappa shape index (κ1) is 39.4. The number of nitrogens with zero attached hydrogens (tertiary/aromatic N) is 2. The van der Waals surface area contributed by atoms with Crippen molar-refractivity contribution in [2.24, 2.45) is 0 Å². The summed E-state index contributed by atoms with van der Waals surface area (Å²) in [6, 6.07) is 25.8. The third-order valence-electron chi connectivity index (χ3n) is 13.0. The van der Waals surface area contributed by atoms with Crippen molar-refractivity contribution in [1.82, 2.24) is 0 Å². The van der Waals surface area contributed by atoms with Crippen molar-refractivity contribution in [3.8, 4) is 11.5 Å². The Hall–Kier alpha value is -5.10. The van der Waals surface area contributed by atoms with E-state index in [1.165, 1.54) is 72.7 Å². The molecule has 5 aromatic carbocycles. The molecule has 4 heterocycles. The summed E-state index contributed by atoms with van der Waals surface area (Å²) < 4.78 is 19.6. The molecule has 0 bridgehead atoms. The van der Waals surface area contributed by atoms with Gasteiger partial charge < -0.3 is 23.7 Å². The van der Waals surface area contributed by atoms with Crippen LogP contribution in [-0.2, 0) is 21.7 Å². The zero-order chi connectivity index (χ0) is 42.5. The summed E-state index contributed by atoms with van der Waals surface area (Å²) in [5.41, 5.74) is 21.3. The van der Waals surface area contributed by atoms with Crippen LogP contribution in [-0.4, -0.2) is 13.5 Å². The van der Waals surface area contributed by atoms with E-state index in [2.05, 4.69) is 187 Å². The molecule has 0 unspecified atom stereocenters. The molecule has 0 aliphatic carbocycles. The fourth-order valence-corrected chi connectivity index (χ4v) is 9.72. The Balaban J connectivity index is 1.46. The molecule has 0 radical (unpaired) electrons. The Morgan fingerprint density at radius 1 is 0.475 bits per heavy atom. The van der Waals surface area contributed by atoms with Gasteiger partial charge in [-0.15, -0.1) is 0 Å². The molecule has 3 aliphatic rings. The maximum Gasteiger partial charge on any atom is 0.297 e. The lowest BCUT2D eigenvalue weighted by atomic mass is 9.35. The smallest absolute Gasteiger partial charge is 0.297 e. The lowest BCUT2D eigenvalue weighted by molar-refractivity contribution is 0.174. The molecule has 5 nitrogen and oxygen atoms in total. The number of ether oxygens (including phenoxy) is 2. The van der Waals surface area contributed by atoms with E-state index in [0.717, 1.165) is 45.0 Å². The Bertz CT molecular complexity index is 2700. The highest BCUT2D eigenvalue weighted by atomic mass is 16.7. The number of hydrogen-bond donors (Lipinski definition) is 0. The van der Waals surface area contributed by atoms with Crippen LogP contribution in [0.4, 0.5) is 34.1 Å². The number of aryl methyl sites for hydroxylation is 4. The standard InChI is InChI=1S/C53H61BN2O3/c1-29-19-34(51(8,9)10)20-30(2)46(29)55-39-27-44-43(57-28-58-44)26-38(39)54-45-40(55)24-36(53(14,15)16)25-41(45)56(47-31(3)21-35(22-32(47)4)52(11,12)13)48-37-23-33(50(5,6)7)17-18-42(37)59-49(48)54/h17-27H,28H2,1-16H3. The first-order chi connectivity index (χ1) is 27.4. The summed E-state index contributed by atoms with van der Waals surface area (Å²) in [5, 5.41) is 1.13. The number of furan rings is 1. The van der Waals surface area contributed by atoms with Crippen molar-refractivity contribution in [2.75, 3.05) is 16.6 Å². The van der Waals surface area contributed by atoms with Crippen LogP contribution < -0.4 is 35.9 Å². The van der Waals surface area contributed by atoms with Gasteiger partial charge in [0.25, 0.3) is 6.71 Å². The minimum absolute atomic E-state index is 0.00990. The third kappa shape index (κ3) is 6.10. The Morgan fingerprint density at radius 2 is 0.932 bits per heavy atom. The zero-order valence-corrected chi connectivity index (χ0v) is 38.3. The van der Waals surface area contributed by atoms with Crippen LogP contribution in [0.3, 0.4) is 0 Å². The van der Waals surface area contributed by atoms with E-state index >= 15 is 0 Å². The van der Waals surface area contributed by atoms with Gasteiger partial charge in [-0.3, -0.25) is 0 Å². The lowest BCUT2D eigenvalue weighted by Crippen LogP contribution is -2.61. The van der Waals surface area contributed by atoms with Gasteiger partial charge >= 0.3 is 0 Å². The summed E-state index contributed by atoms with van der Waals surface area (Å²) >= 11 is 0. The SMILES string of the molecule is Cc1cc(C(C)(C)C)cc(C)c1N1c2cc3c(cc2B2c4oc5ccc(C(C)(C)C)cc5c4N(c4c(C)cc(C(C)(C)C)cc4C)c4cc(C(C)(C)C)cc1c42)OCO3. The second-order valence-electron chi connectivity index (χ2n) is 21.7. The summed E-state index contributed by atoms with van der Waals surface area (Å²) in [6.45, 7) is 36.8. The van der Waals surface area contributed by atoms with E-state index in [1.54, 1.807) is 0 Å². The first-order valence-electron chi connectivity index (χ1n) is 21.5. The normalized spacial score (nSPS) is 14.9. The molecule has 0 saturated carbocycles. The molecular weight excluding hydrogens is 723 g/mol. The van der Waals surface area contributed by atoms with Crippen LogP contribution in [0.25, 0.3) is 11.0 Å². The maximum absolute atomic E-state index is 7.30. The number of fused-ring (bicyclic) bond motifs is 7. The summed E-state index contributed by atoms with van der Waals surface area (Å²) in [7, 11) is 0. The molecular formula is C53H61BN2O3. The highest BCUT2D eigenvalue weighted by Crippen LogP contribution is 2.52. The molecule has 0 saturated heterocycles. The summed E-state index contributed by atoms with van der Waals surface area (Å²) in [4.78, 5) is 5.11. The van der Waals surface area contributed by atoms with Crippen molar-refractivity contribution in [3.63, 3.8) is 0 Å². The molecule has 59 heavy (non-hydrogen) atoms. The minimum atomic E-state index is -0.199. The predicted octanol–water partition coefficient (Wildman–Crippen LogP) is 12.7. The number of rotatable bonds is 2. The maximum atomic E-state index is 7.30. The zero-order valence-electron chi connectivity index (χ0n) is 38.3. The molecule has 3 aliphatic heterocycles. The molecule has 1 aromatic heterocycles. The van der Waals surface area contributed by atoms with Gasteiger partial charge in [0.1, 0.15) is 5.58 Å². The Kier molecular flexibility index (Phi) is 8.48. The molecule has 6 heteroatoms. The van der Waals surface area contributed by atoms with E-state index in [-0.39, 0.29) is 35.2 Å². The monoisotopic (exact) mass is 784 g/mol. The minimum Gasteiger partial charge on any atom is -0.468 e. The quantitative estimate of drug-likeness (QED) is 0.163. The van der Waals surface area contributed by atoms with Crippen LogP contribution in [0.15, 0.2) is 71.1 Å². The second kappa shape index (κ2) is 12.7. The number of benzene rings is 5. The van der Waals surface area contributed by atoms with E-state index < -0.39 is 0 Å². The van der Waals surface area contributed by atoms with Gasteiger partial charge in [-0.1, -0.05) is 113 Å².